The van der Waals surface area contributed by atoms with Gasteiger partial charge in [0.1, 0.15) is 11.2 Å². The van der Waals surface area contributed by atoms with Crippen LogP contribution in [0.25, 0.3) is 86.6 Å². The number of benzene rings is 11. The van der Waals surface area contributed by atoms with Gasteiger partial charge in [0.05, 0.1) is 11.1 Å². The lowest BCUT2D eigenvalue weighted by Crippen LogP contribution is -2.28. The quantitative estimate of drug-likeness (QED) is 0.151. The normalized spacial score (nSPS) is 12.7. The van der Waals surface area contributed by atoms with Gasteiger partial charge in [-0.25, -0.2) is 0 Å². The zero-order valence-corrected chi connectivity index (χ0v) is 38.9. The van der Waals surface area contributed by atoms with Crippen LogP contribution in [0.4, 0.5) is 17.1 Å². The molecule has 2 aromatic heterocycles. The van der Waals surface area contributed by atoms with Gasteiger partial charge in [-0.1, -0.05) is 212 Å². The molecule has 1 aliphatic carbocycles. The topological polar surface area (TPSA) is 16.4 Å². The second kappa shape index (κ2) is 16.2. The molecule has 11 aromatic carbocycles. The Hall–Kier alpha value is -8.76. The van der Waals surface area contributed by atoms with Crippen molar-refractivity contribution in [3.8, 4) is 44.5 Å². The second-order valence-corrected chi connectivity index (χ2v) is 19.4. The number of anilines is 3. The summed E-state index contributed by atoms with van der Waals surface area (Å²) in [6.45, 7) is 0. The van der Waals surface area contributed by atoms with Gasteiger partial charge in [-0.2, -0.15) is 0 Å². The predicted octanol–water partition coefficient (Wildman–Crippen LogP) is 18.8. The number of nitrogens with zero attached hydrogens (tertiary/aromatic N) is 1. The number of fused-ring (bicyclic) bond motifs is 9. The predicted molar refractivity (Wildman–Crippen MR) is 295 cm³/mol. The van der Waals surface area contributed by atoms with Crippen LogP contribution in [0.1, 0.15) is 22.3 Å². The first-order valence-electron chi connectivity index (χ1n) is 24.0. The highest BCUT2D eigenvalue weighted by Crippen LogP contribution is 2.59. The summed E-state index contributed by atoms with van der Waals surface area (Å²) in [5.41, 5.74) is 19.1. The third kappa shape index (κ3) is 6.19. The molecule has 13 aromatic rings. The Morgan fingerprint density at radius 1 is 0.357 bits per heavy atom. The summed E-state index contributed by atoms with van der Waals surface area (Å²) >= 11 is 1.88. The van der Waals surface area contributed by atoms with E-state index in [1.54, 1.807) is 0 Å². The van der Waals surface area contributed by atoms with E-state index in [-0.39, 0.29) is 0 Å². The number of hydrogen-bond acceptors (Lipinski definition) is 3. The molecule has 3 heteroatoms. The fourth-order valence-electron chi connectivity index (χ4n) is 11.5. The maximum absolute atomic E-state index is 6.53. The SMILES string of the molecule is c1ccc(C2(c3ccccc3)c3ccccc3-c3c(N(c4ccc(-c5cccc(-c6cccc7c6sc6ccccc67)c5)cc4)c4ccc(-c5cccc6c5oc5ccccc56)cc4)cccc32)cc1. The van der Waals surface area contributed by atoms with Crippen molar-refractivity contribution in [2.24, 2.45) is 0 Å². The molecule has 2 nitrogen and oxygen atoms in total. The summed E-state index contributed by atoms with van der Waals surface area (Å²) in [5.74, 6) is 0. The first-order valence-corrected chi connectivity index (χ1v) is 24.8. The van der Waals surface area contributed by atoms with Gasteiger partial charge in [-0.3, -0.25) is 0 Å². The molecule has 0 amide bonds. The van der Waals surface area contributed by atoms with Gasteiger partial charge in [-0.15, -0.1) is 11.3 Å². The van der Waals surface area contributed by atoms with Crippen molar-refractivity contribution in [3.05, 3.63) is 283 Å². The molecule has 2 heterocycles. The van der Waals surface area contributed by atoms with Crippen LogP contribution in [0.15, 0.2) is 265 Å². The highest BCUT2D eigenvalue weighted by Gasteiger charge is 2.47. The van der Waals surface area contributed by atoms with E-state index in [1.165, 1.54) is 75.8 Å². The van der Waals surface area contributed by atoms with Gasteiger partial charge in [0.25, 0.3) is 0 Å². The largest absolute Gasteiger partial charge is 0.455 e. The third-order valence-corrected chi connectivity index (χ3v) is 15.8. The third-order valence-electron chi connectivity index (χ3n) is 14.6. The molecule has 0 bridgehead atoms. The Labute approximate surface area is 410 Å². The van der Waals surface area contributed by atoms with Crippen LogP contribution < -0.4 is 4.90 Å². The molecule has 0 saturated carbocycles. The molecule has 14 rings (SSSR count). The van der Waals surface area contributed by atoms with Gasteiger partial charge >= 0.3 is 0 Å². The fourth-order valence-corrected chi connectivity index (χ4v) is 12.7. The van der Waals surface area contributed by atoms with E-state index in [0.29, 0.717) is 0 Å². The molecule has 0 fully saturated rings. The lowest BCUT2D eigenvalue weighted by molar-refractivity contribution is 0.670. The Morgan fingerprint density at radius 2 is 0.914 bits per heavy atom. The lowest BCUT2D eigenvalue weighted by atomic mass is 9.68. The molecular weight excluding hydrogens is 867 g/mol. The lowest BCUT2D eigenvalue weighted by Gasteiger charge is -2.34. The van der Waals surface area contributed by atoms with Crippen LogP contribution >= 0.6 is 11.3 Å². The molecule has 0 saturated heterocycles. The van der Waals surface area contributed by atoms with Crippen molar-refractivity contribution in [1.82, 2.24) is 0 Å². The molecule has 0 N–H and O–H groups in total. The first kappa shape index (κ1) is 40.3. The van der Waals surface area contributed by atoms with Crippen molar-refractivity contribution < 1.29 is 4.42 Å². The first-order chi connectivity index (χ1) is 34.7. The molecule has 1 aliphatic rings. The van der Waals surface area contributed by atoms with E-state index < -0.39 is 5.41 Å². The van der Waals surface area contributed by atoms with Crippen LogP contribution in [0.2, 0.25) is 0 Å². The van der Waals surface area contributed by atoms with Crippen molar-refractivity contribution in [2.45, 2.75) is 5.41 Å². The Balaban J connectivity index is 0.934. The van der Waals surface area contributed by atoms with Crippen molar-refractivity contribution in [1.29, 1.82) is 0 Å². The zero-order valence-electron chi connectivity index (χ0n) is 38.1. The molecule has 0 aliphatic heterocycles. The van der Waals surface area contributed by atoms with Gasteiger partial charge < -0.3 is 9.32 Å². The number of furan rings is 1. The Bertz CT molecular complexity index is 4070. The summed E-state index contributed by atoms with van der Waals surface area (Å²) in [7, 11) is 0. The molecule has 328 valence electrons. The molecular formula is C67H43NOS. The molecule has 0 unspecified atom stereocenters. The molecule has 0 radical (unpaired) electrons. The number of thiophene rings is 1. The maximum Gasteiger partial charge on any atom is 0.143 e. The summed E-state index contributed by atoms with van der Waals surface area (Å²) in [5, 5.41) is 4.89. The average molecular weight is 910 g/mol. The summed E-state index contributed by atoms with van der Waals surface area (Å²) in [6, 6.07) is 95.5. The molecule has 70 heavy (non-hydrogen) atoms. The minimum atomic E-state index is -0.527. The summed E-state index contributed by atoms with van der Waals surface area (Å²) < 4.78 is 9.18. The highest BCUT2D eigenvalue weighted by molar-refractivity contribution is 7.26. The van der Waals surface area contributed by atoms with Crippen LogP contribution in [0.5, 0.6) is 0 Å². The van der Waals surface area contributed by atoms with E-state index >= 15 is 0 Å². The van der Waals surface area contributed by atoms with Crippen LogP contribution in [-0.4, -0.2) is 0 Å². The van der Waals surface area contributed by atoms with E-state index in [4.69, 9.17) is 4.42 Å². The van der Waals surface area contributed by atoms with Crippen molar-refractivity contribution in [2.75, 3.05) is 4.90 Å². The van der Waals surface area contributed by atoms with E-state index in [9.17, 15) is 0 Å². The standard InChI is InChI=1S/C67H43NOS/c1-3-19-48(20-4-1)67(49-21-5-2-6-22-49)59-30-10-7-25-58(59)64-60(67)31-16-32-61(64)68(51-41-37-45(38-42-51)52-26-14-28-56-54-23-8-11-33-62(54)69-65(52)56)50-39-35-44(36-40-50)46-17-13-18-47(43-46)53-27-15-29-57-55-24-9-12-34-63(55)70-66(53)57/h1-43H. The smallest absolute Gasteiger partial charge is 0.143 e. The number of para-hydroxylation sites is 2. The average Bonchev–Trinajstić information content (AvgIpc) is 4.11. The van der Waals surface area contributed by atoms with Crippen molar-refractivity contribution >= 4 is 70.5 Å². The number of rotatable bonds is 8. The molecule has 0 atom stereocenters. The fraction of sp³-hybridized carbons (Fsp3) is 0.0149. The van der Waals surface area contributed by atoms with Gasteiger partial charge in [0.2, 0.25) is 0 Å². The van der Waals surface area contributed by atoms with E-state index in [1.807, 2.05) is 17.4 Å². The maximum atomic E-state index is 6.53. The summed E-state index contributed by atoms with van der Waals surface area (Å²) in [4.78, 5) is 2.45. The Morgan fingerprint density at radius 3 is 1.69 bits per heavy atom. The van der Waals surface area contributed by atoms with Gasteiger partial charge in [-0.05, 0) is 104 Å². The van der Waals surface area contributed by atoms with Gasteiger partial charge in [0, 0.05) is 53.4 Å². The van der Waals surface area contributed by atoms with Crippen LogP contribution in [-0.2, 0) is 5.41 Å². The van der Waals surface area contributed by atoms with Crippen molar-refractivity contribution in [3.63, 3.8) is 0 Å². The van der Waals surface area contributed by atoms with E-state index in [2.05, 4.69) is 260 Å². The minimum Gasteiger partial charge on any atom is -0.455 e. The minimum absolute atomic E-state index is 0.527. The second-order valence-electron chi connectivity index (χ2n) is 18.3. The number of hydrogen-bond donors (Lipinski definition) is 0. The molecule has 0 spiro atoms. The van der Waals surface area contributed by atoms with E-state index in [0.717, 1.165) is 50.1 Å². The van der Waals surface area contributed by atoms with Crippen LogP contribution in [0, 0.1) is 0 Å². The Kier molecular flexibility index (Phi) is 9.33. The zero-order chi connectivity index (χ0) is 46.2. The van der Waals surface area contributed by atoms with Gasteiger partial charge in [0.15, 0.2) is 0 Å². The van der Waals surface area contributed by atoms with Crippen LogP contribution in [0.3, 0.4) is 0 Å². The highest BCUT2D eigenvalue weighted by atomic mass is 32.1. The summed E-state index contributed by atoms with van der Waals surface area (Å²) in [6.07, 6.45) is 0. The monoisotopic (exact) mass is 909 g/mol.